The molecule has 0 aliphatic heterocycles. The molecule has 0 radical (unpaired) electrons. The molecule has 1 aliphatic rings. The molecule has 0 aromatic rings. The number of ether oxygens (including phenoxy) is 1. The fraction of sp³-hybridized carbons (Fsp3) is 1.00. The van der Waals surface area contributed by atoms with Crippen molar-refractivity contribution in [2.24, 2.45) is 5.92 Å². The number of hydrogen-bond acceptors (Lipinski definition) is 1. The van der Waals surface area contributed by atoms with Gasteiger partial charge in [-0.25, -0.2) is 0 Å². The van der Waals surface area contributed by atoms with E-state index in [9.17, 15) is 0 Å². The largest absolute Gasteiger partial charge is 0.378 e. The molecule has 1 unspecified atom stereocenters. The quantitative estimate of drug-likeness (QED) is 0.576. The van der Waals surface area contributed by atoms with E-state index in [4.69, 9.17) is 4.74 Å². The Morgan fingerprint density at radius 1 is 1.60 bits per heavy atom. The molecule has 1 aliphatic carbocycles. The van der Waals surface area contributed by atoms with Gasteiger partial charge in [-0.1, -0.05) is 13.8 Å². The molecule has 0 bridgehead atoms. The summed E-state index contributed by atoms with van der Waals surface area (Å²) in [6, 6.07) is 0. The third-order valence-corrected chi connectivity index (χ3v) is 2.89. The van der Waals surface area contributed by atoms with E-state index in [0.717, 1.165) is 5.92 Å². The van der Waals surface area contributed by atoms with Crippen molar-refractivity contribution in [2.45, 2.75) is 45.1 Å². The molecule has 0 heterocycles. The Hall–Kier alpha value is -0.0400. The monoisotopic (exact) mass is 142 g/mol. The molecule has 0 N–H and O–H groups in total. The Morgan fingerprint density at radius 2 is 2.30 bits per heavy atom. The smallest absolute Gasteiger partial charge is 0.0678 e. The second-order valence-corrected chi connectivity index (χ2v) is 3.59. The summed E-state index contributed by atoms with van der Waals surface area (Å²) in [5, 5.41) is 0. The molecule has 1 rings (SSSR count). The molecule has 0 spiro atoms. The highest BCUT2D eigenvalue weighted by Crippen LogP contribution is 2.38. The molecule has 2 atom stereocenters. The summed E-state index contributed by atoms with van der Waals surface area (Å²) in [4.78, 5) is 0. The zero-order chi connectivity index (χ0) is 7.61. The molecule has 60 valence electrons. The van der Waals surface area contributed by atoms with Crippen molar-refractivity contribution in [1.29, 1.82) is 0 Å². The maximum atomic E-state index is 5.52. The first kappa shape index (κ1) is 8.06. The third kappa shape index (κ3) is 1.34. The first-order valence-corrected chi connectivity index (χ1v) is 4.27. The van der Waals surface area contributed by atoms with Crippen molar-refractivity contribution < 1.29 is 4.74 Å². The summed E-state index contributed by atoms with van der Waals surface area (Å²) in [7, 11) is 1.85. The Bertz CT molecular complexity index is 105. The fourth-order valence-electron chi connectivity index (χ4n) is 2.00. The molecular weight excluding hydrogens is 124 g/mol. The standard InChI is InChI=1S/C9H18O/c1-4-9(10-3)6-5-8(2)7-9/h8H,4-7H2,1-3H3/t8?,9-/m0/s1. The lowest BCUT2D eigenvalue weighted by molar-refractivity contribution is -0.00999. The summed E-state index contributed by atoms with van der Waals surface area (Å²) in [6.45, 7) is 4.54. The van der Waals surface area contributed by atoms with E-state index in [2.05, 4.69) is 13.8 Å². The second-order valence-electron chi connectivity index (χ2n) is 3.59. The lowest BCUT2D eigenvalue weighted by atomic mass is 9.97. The summed E-state index contributed by atoms with van der Waals surface area (Å²) in [5.74, 6) is 0.875. The van der Waals surface area contributed by atoms with E-state index in [0.29, 0.717) is 0 Å². The van der Waals surface area contributed by atoms with E-state index < -0.39 is 0 Å². The van der Waals surface area contributed by atoms with E-state index in [1.165, 1.54) is 25.7 Å². The van der Waals surface area contributed by atoms with Gasteiger partial charge in [0.2, 0.25) is 0 Å². The SMILES string of the molecule is CC[C@]1(OC)CCC(C)C1. The minimum Gasteiger partial charge on any atom is -0.378 e. The molecule has 0 saturated heterocycles. The summed E-state index contributed by atoms with van der Waals surface area (Å²) >= 11 is 0. The van der Waals surface area contributed by atoms with Gasteiger partial charge in [0, 0.05) is 7.11 Å². The van der Waals surface area contributed by atoms with Crippen molar-refractivity contribution in [2.75, 3.05) is 7.11 Å². The van der Waals surface area contributed by atoms with E-state index >= 15 is 0 Å². The lowest BCUT2D eigenvalue weighted by Gasteiger charge is -2.25. The van der Waals surface area contributed by atoms with Gasteiger partial charge in [-0.15, -0.1) is 0 Å². The maximum Gasteiger partial charge on any atom is 0.0678 e. The molecule has 1 saturated carbocycles. The van der Waals surface area contributed by atoms with Crippen LogP contribution in [0.25, 0.3) is 0 Å². The van der Waals surface area contributed by atoms with Gasteiger partial charge in [0.1, 0.15) is 0 Å². The van der Waals surface area contributed by atoms with Gasteiger partial charge in [-0.05, 0) is 31.6 Å². The van der Waals surface area contributed by atoms with Crippen LogP contribution in [0.4, 0.5) is 0 Å². The Morgan fingerprint density at radius 3 is 2.50 bits per heavy atom. The van der Waals surface area contributed by atoms with Crippen molar-refractivity contribution in [3.63, 3.8) is 0 Å². The minimum atomic E-state index is 0.249. The Kier molecular flexibility index (Phi) is 2.35. The van der Waals surface area contributed by atoms with Gasteiger partial charge in [0.05, 0.1) is 5.60 Å². The van der Waals surface area contributed by atoms with Crippen LogP contribution in [0.1, 0.15) is 39.5 Å². The minimum absolute atomic E-state index is 0.249. The summed E-state index contributed by atoms with van der Waals surface area (Å²) in [5.41, 5.74) is 0.249. The molecule has 0 amide bonds. The van der Waals surface area contributed by atoms with E-state index in [1.54, 1.807) is 0 Å². The molecule has 1 heteroatoms. The second kappa shape index (κ2) is 2.91. The molecular formula is C9H18O. The van der Waals surface area contributed by atoms with Crippen LogP contribution < -0.4 is 0 Å². The van der Waals surface area contributed by atoms with Crippen molar-refractivity contribution in [1.82, 2.24) is 0 Å². The first-order valence-electron chi connectivity index (χ1n) is 4.27. The highest BCUT2D eigenvalue weighted by atomic mass is 16.5. The van der Waals surface area contributed by atoms with Gasteiger partial charge in [-0.3, -0.25) is 0 Å². The average molecular weight is 142 g/mol. The van der Waals surface area contributed by atoms with Crippen molar-refractivity contribution in [3.05, 3.63) is 0 Å². The van der Waals surface area contributed by atoms with Crippen molar-refractivity contribution in [3.8, 4) is 0 Å². The highest BCUT2D eigenvalue weighted by Gasteiger charge is 2.35. The van der Waals surface area contributed by atoms with Crippen LogP contribution in [0.15, 0.2) is 0 Å². The van der Waals surface area contributed by atoms with Gasteiger partial charge >= 0.3 is 0 Å². The normalized spacial score (nSPS) is 40.5. The summed E-state index contributed by atoms with van der Waals surface area (Å²) < 4.78 is 5.52. The number of methoxy groups -OCH3 is 1. The maximum absolute atomic E-state index is 5.52. The highest BCUT2D eigenvalue weighted by molar-refractivity contribution is 4.87. The van der Waals surface area contributed by atoms with Crippen LogP contribution in [0, 0.1) is 5.92 Å². The van der Waals surface area contributed by atoms with Gasteiger partial charge in [0.25, 0.3) is 0 Å². The van der Waals surface area contributed by atoms with Crippen molar-refractivity contribution >= 4 is 0 Å². The fourth-order valence-corrected chi connectivity index (χ4v) is 2.00. The zero-order valence-corrected chi connectivity index (χ0v) is 7.31. The molecule has 0 aromatic carbocycles. The van der Waals surface area contributed by atoms with Crippen LogP contribution in [-0.2, 0) is 4.74 Å². The predicted molar refractivity (Wildman–Crippen MR) is 43.0 cm³/mol. The molecule has 1 nitrogen and oxygen atoms in total. The van der Waals surface area contributed by atoms with E-state index in [1.807, 2.05) is 7.11 Å². The number of rotatable bonds is 2. The van der Waals surface area contributed by atoms with Crippen LogP contribution in [0.3, 0.4) is 0 Å². The summed E-state index contributed by atoms with van der Waals surface area (Å²) in [6.07, 6.45) is 5.05. The molecule has 10 heavy (non-hydrogen) atoms. The third-order valence-electron chi connectivity index (χ3n) is 2.89. The average Bonchev–Trinajstić information content (AvgIpc) is 2.33. The first-order chi connectivity index (χ1) is 4.72. The molecule has 1 fully saturated rings. The van der Waals surface area contributed by atoms with Crippen LogP contribution >= 0.6 is 0 Å². The van der Waals surface area contributed by atoms with Gasteiger partial charge in [-0.2, -0.15) is 0 Å². The van der Waals surface area contributed by atoms with Gasteiger partial charge in [0.15, 0.2) is 0 Å². The predicted octanol–water partition coefficient (Wildman–Crippen LogP) is 2.60. The van der Waals surface area contributed by atoms with Crippen LogP contribution in [-0.4, -0.2) is 12.7 Å². The van der Waals surface area contributed by atoms with Crippen LogP contribution in [0.5, 0.6) is 0 Å². The van der Waals surface area contributed by atoms with Crippen LogP contribution in [0.2, 0.25) is 0 Å². The lowest BCUT2D eigenvalue weighted by Crippen LogP contribution is -2.26. The molecule has 0 aromatic heterocycles. The Balaban J connectivity index is 2.51. The zero-order valence-electron chi connectivity index (χ0n) is 7.31. The van der Waals surface area contributed by atoms with E-state index in [-0.39, 0.29) is 5.60 Å². The Labute approximate surface area is 63.8 Å². The van der Waals surface area contributed by atoms with Gasteiger partial charge < -0.3 is 4.74 Å². The number of hydrogen-bond donors (Lipinski definition) is 0. The topological polar surface area (TPSA) is 9.23 Å².